The van der Waals surface area contributed by atoms with Crippen LogP contribution in [-0.2, 0) is 14.4 Å². The minimum Gasteiger partial charge on any atom is -0.481 e. The molecule has 1 atom stereocenters. The molecule has 0 aromatic heterocycles. The monoisotopic (exact) mass is 291 g/mol. The van der Waals surface area contributed by atoms with Gasteiger partial charge in [-0.25, -0.2) is 0 Å². The quantitative estimate of drug-likeness (QED) is 0.163. The SMILES string of the molecule is NC(=O)C(N)CCCN=C(N)N.O=C(O)CCC(=O)O. The Kier molecular flexibility index (Phi) is 11.7. The molecule has 0 aromatic carbocycles. The van der Waals surface area contributed by atoms with Gasteiger partial charge in [0.2, 0.25) is 5.91 Å². The van der Waals surface area contributed by atoms with E-state index in [1.165, 1.54) is 0 Å². The molecule has 0 fully saturated rings. The minimum atomic E-state index is -1.08. The molecule has 0 saturated heterocycles. The zero-order chi connectivity index (χ0) is 16.1. The number of carboxylic acid groups (broad SMARTS) is 2. The van der Waals surface area contributed by atoms with Crippen LogP contribution in [-0.4, -0.2) is 46.6 Å². The number of primary amides is 1. The van der Waals surface area contributed by atoms with E-state index >= 15 is 0 Å². The van der Waals surface area contributed by atoms with E-state index in [1.807, 2.05) is 0 Å². The Balaban J connectivity index is 0. The fourth-order valence-corrected chi connectivity index (χ4v) is 0.875. The van der Waals surface area contributed by atoms with Gasteiger partial charge in [0.25, 0.3) is 0 Å². The zero-order valence-electron chi connectivity index (χ0n) is 11.0. The Morgan fingerprint density at radius 2 is 1.45 bits per heavy atom. The third-order valence-electron chi connectivity index (χ3n) is 1.89. The van der Waals surface area contributed by atoms with Crippen LogP contribution in [0, 0.1) is 0 Å². The van der Waals surface area contributed by atoms with Gasteiger partial charge >= 0.3 is 11.9 Å². The minimum absolute atomic E-state index is 0.0441. The summed E-state index contributed by atoms with van der Waals surface area (Å²) in [6.07, 6.45) is 0.568. The fraction of sp³-hybridized carbons (Fsp3) is 0.600. The highest BCUT2D eigenvalue weighted by Gasteiger charge is 2.07. The van der Waals surface area contributed by atoms with Gasteiger partial charge in [-0.3, -0.25) is 19.4 Å². The van der Waals surface area contributed by atoms with Crippen molar-refractivity contribution in [2.75, 3.05) is 6.54 Å². The van der Waals surface area contributed by atoms with Crippen molar-refractivity contribution in [2.45, 2.75) is 31.7 Å². The average Bonchev–Trinajstić information content (AvgIpc) is 2.32. The second-order valence-corrected chi connectivity index (χ2v) is 3.75. The molecule has 10 heteroatoms. The normalized spacial score (nSPS) is 10.7. The van der Waals surface area contributed by atoms with Crippen molar-refractivity contribution >= 4 is 23.8 Å². The molecule has 10 nitrogen and oxygen atoms in total. The van der Waals surface area contributed by atoms with E-state index in [4.69, 9.17) is 33.1 Å². The predicted molar refractivity (Wildman–Crippen MR) is 71.6 cm³/mol. The first kappa shape index (κ1) is 20.0. The van der Waals surface area contributed by atoms with E-state index < -0.39 is 23.9 Å². The molecule has 1 unspecified atom stereocenters. The van der Waals surface area contributed by atoms with Gasteiger partial charge in [-0.15, -0.1) is 0 Å². The number of aliphatic carboxylic acids is 2. The van der Waals surface area contributed by atoms with Gasteiger partial charge in [-0.2, -0.15) is 0 Å². The first-order chi connectivity index (χ1) is 9.16. The molecule has 0 aliphatic heterocycles. The number of carboxylic acids is 2. The van der Waals surface area contributed by atoms with Crippen molar-refractivity contribution in [3.8, 4) is 0 Å². The molecule has 0 saturated carbocycles. The summed E-state index contributed by atoms with van der Waals surface area (Å²) in [5.74, 6) is -2.61. The van der Waals surface area contributed by atoms with Crippen LogP contribution in [0.25, 0.3) is 0 Å². The molecule has 10 N–H and O–H groups in total. The van der Waals surface area contributed by atoms with E-state index in [0.717, 1.165) is 0 Å². The van der Waals surface area contributed by atoms with Crippen molar-refractivity contribution < 1.29 is 24.6 Å². The summed E-state index contributed by atoms with van der Waals surface area (Å²) >= 11 is 0. The first-order valence-electron chi connectivity index (χ1n) is 5.70. The number of amides is 1. The van der Waals surface area contributed by atoms with Gasteiger partial charge in [0, 0.05) is 6.54 Å². The maximum atomic E-state index is 10.4. The summed E-state index contributed by atoms with van der Waals surface area (Å²) in [7, 11) is 0. The summed E-state index contributed by atoms with van der Waals surface area (Å²) in [5.41, 5.74) is 20.4. The highest BCUT2D eigenvalue weighted by Crippen LogP contribution is 1.93. The molecular formula is C10H21N5O5. The number of aliphatic imine (C=N–C) groups is 1. The van der Waals surface area contributed by atoms with Gasteiger partial charge in [-0.1, -0.05) is 0 Å². The molecular weight excluding hydrogens is 270 g/mol. The smallest absolute Gasteiger partial charge is 0.303 e. The number of nitrogens with zero attached hydrogens (tertiary/aromatic N) is 1. The van der Waals surface area contributed by atoms with Crippen LogP contribution in [0.4, 0.5) is 0 Å². The Morgan fingerprint density at radius 3 is 1.75 bits per heavy atom. The first-order valence-corrected chi connectivity index (χ1v) is 5.70. The molecule has 0 aliphatic carbocycles. The van der Waals surface area contributed by atoms with Gasteiger partial charge in [0.15, 0.2) is 5.96 Å². The molecule has 1 amide bonds. The molecule has 0 bridgehead atoms. The fourth-order valence-electron chi connectivity index (χ4n) is 0.875. The number of nitrogens with two attached hydrogens (primary N) is 4. The topological polar surface area (TPSA) is 208 Å². The standard InChI is InChI=1S/C6H15N5O.C4H6O4/c7-4(5(8)12)2-1-3-11-6(9)10;5-3(6)1-2-4(7)8/h4H,1-3,7H2,(H2,8,12)(H4,9,10,11);1-2H2,(H,5,6)(H,7,8). The summed E-state index contributed by atoms with van der Waals surface area (Å²) < 4.78 is 0. The highest BCUT2D eigenvalue weighted by molar-refractivity contribution is 5.79. The highest BCUT2D eigenvalue weighted by atomic mass is 16.4. The van der Waals surface area contributed by atoms with Crippen LogP contribution in [0.1, 0.15) is 25.7 Å². The van der Waals surface area contributed by atoms with Crippen LogP contribution in [0.5, 0.6) is 0 Å². The Morgan fingerprint density at radius 1 is 1.00 bits per heavy atom. The molecule has 116 valence electrons. The number of rotatable bonds is 8. The largest absolute Gasteiger partial charge is 0.481 e. The lowest BCUT2D eigenvalue weighted by atomic mass is 10.1. The second kappa shape index (κ2) is 11.7. The van der Waals surface area contributed by atoms with E-state index in [-0.39, 0.29) is 18.8 Å². The van der Waals surface area contributed by atoms with E-state index in [1.54, 1.807) is 0 Å². The summed E-state index contributed by atoms with van der Waals surface area (Å²) in [5, 5.41) is 15.8. The van der Waals surface area contributed by atoms with E-state index in [0.29, 0.717) is 19.4 Å². The van der Waals surface area contributed by atoms with Crippen molar-refractivity contribution in [1.29, 1.82) is 0 Å². The molecule has 0 spiro atoms. The summed E-state index contributed by atoms with van der Waals surface area (Å²) in [6, 6.07) is -0.598. The Bertz CT molecular complexity index is 340. The van der Waals surface area contributed by atoms with Crippen LogP contribution in [0.15, 0.2) is 4.99 Å². The lowest BCUT2D eigenvalue weighted by molar-refractivity contribution is -0.143. The number of hydrogen-bond donors (Lipinski definition) is 6. The van der Waals surface area contributed by atoms with Gasteiger partial charge < -0.3 is 33.1 Å². The molecule has 0 aliphatic rings. The lowest BCUT2D eigenvalue weighted by Crippen LogP contribution is -2.36. The van der Waals surface area contributed by atoms with Crippen LogP contribution in [0.3, 0.4) is 0 Å². The van der Waals surface area contributed by atoms with Crippen molar-refractivity contribution in [2.24, 2.45) is 27.9 Å². The average molecular weight is 291 g/mol. The molecule has 0 rings (SSSR count). The molecule has 0 heterocycles. The van der Waals surface area contributed by atoms with Crippen molar-refractivity contribution in [3.63, 3.8) is 0 Å². The Labute approximate surface area is 115 Å². The van der Waals surface area contributed by atoms with Gasteiger partial charge in [0.05, 0.1) is 18.9 Å². The third-order valence-corrected chi connectivity index (χ3v) is 1.89. The van der Waals surface area contributed by atoms with Crippen molar-refractivity contribution in [1.82, 2.24) is 0 Å². The maximum absolute atomic E-state index is 10.4. The van der Waals surface area contributed by atoms with E-state index in [2.05, 4.69) is 4.99 Å². The van der Waals surface area contributed by atoms with Crippen LogP contribution in [0.2, 0.25) is 0 Å². The van der Waals surface area contributed by atoms with Crippen LogP contribution < -0.4 is 22.9 Å². The van der Waals surface area contributed by atoms with E-state index in [9.17, 15) is 14.4 Å². The maximum Gasteiger partial charge on any atom is 0.303 e. The predicted octanol–water partition coefficient (Wildman–Crippen LogP) is -2.21. The molecule has 20 heavy (non-hydrogen) atoms. The molecule has 0 radical (unpaired) electrons. The third kappa shape index (κ3) is 18.0. The van der Waals surface area contributed by atoms with Gasteiger partial charge in [0.1, 0.15) is 0 Å². The second-order valence-electron chi connectivity index (χ2n) is 3.75. The van der Waals surface area contributed by atoms with Gasteiger partial charge in [-0.05, 0) is 12.8 Å². The number of hydrogen-bond acceptors (Lipinski definition) is 5. The Hall–Kier alpha value is -2.36. The number of guanidine groups is 1. The lowest BCUT2D eigenvalue weighted by Gasteiger charge is -2.04. The molecule has 0 aromatic rings. The summed E-state index contributed by atoms with van der Waals surface area (Å²) in [6.45, 7) is 0.476. The number of carbonyl (C=O) groups excluding carboxylic acids is 1. The zero-order valence-corrected chi connectivity index (χ0v) is 11.0. The summed E-state index contributed by atoms with van der Waals surface area (Å²) in [4.78, 5) is 33.4. The number of carbonyl (C=O) groups is 3. The van der Waals surface area contributed by atoms with Crippen molar-refractivity contribution in [3.05, 3.63) is 0 Å². The van der Waals surface area contributed by atoms with Crippen LogP contribution >= 0.6 is 0 Å².